The Hall–Kier alpha value is -1.39. The fourth-order valence-corrected chi connectivity index (χ4v) is 3.63. The number of aromatic nitrogens is 2. The number of rotatable bonds is 3. The summed E-state index contributed by atoms with van der Waals surface area (Å²) < 4.78 is 77.7. The number of nitrogens with zero attached hydrogens (tertiary/aromatic N) is 2. The number of hydrogen-bond acceptors (Lipinski definition) is 3. The van der Waals surface area contributed by atoms with Crippen molar-refractivity contribution >= 4 is 39.8 Å². The van der Waals surface area contributed by atoms with Crippen LogP contribution < -0.4 is 5.73 Å². The highest BCUT2D eigenvalue weighted by molar-refractivity contribution is 7.86. The van der Waals surface area contributed by atoms with E-state index in [4.69, 9.17) is 28.9 Å². The van der Waals surface area contributed by atoms with Crippen LogP contribution in [0.2, 0.25) is 10.0 Å². The van der Waals surface area contributed by atoms with E-state index < -0.39 is 48.6 Å². The molecule has 2 N–H and O–H groups in total. The number of halogens is 7. The number of aryl methyl sites for hydroxylation is 1. The normalized spacial score (nSPS) is 14.0. The number of hydrogen-bond donors (Lipinski definition) is 1. The lowest BCUT2D eigenvalue weighted by Gasteiger charge is -2.14. The molecule has 138 valence electrons. The van der Waals surface area contributed by atoms with E-state index >= 15 is 0 Å². The van der Waals surface area contributed by atoms with Gasteiger partial charge in [0.15, 0.2) is 0 Å². The minimum atomic E-state index is -4.69. The Morgan fingerprint density at radius 2 is 1.64 bits per heavy atom. The molecule has 1 heterocycles. The van der Waals surface area contributed by atoms with Gasteiger partial charge < -0.3 is 5.73 Å². The Bertz CT molecular complexity index is 838. The third-order valence-corrected chi connectivity index (χ3v) is 5.21. The van der Waals surface area contributed by atoms with E-state index in [2.05, 4.69) is 5.10 Å². The van der Waals surface area contributed by atoms with E-state index in [1.165, 1.54) is 6.92 Å². The molecule has 0 aliphatic rings. The highest BCUT2D eigenvalue weighted by Crippen LogP contribution is 2.39. The highest BCUT2D eigenvalue weighted by Gasteiger charge is 2.37. The Morgan fingerprint density at radius 1 is 1.16 bits per heavy atom. The molecule has 0 bridgehead atoms. The third-order valence-electron chi connectivity index (χ3n) is 3.11. The molecule has 1 unspecified atom stereocenters. The van der Waals surface area contributed by atoms with Gasteiger partial charge >= 0.3 is 11.4 Å². The summed E-state index contributed by atoms with van der Waals surface area (Å²) in [5, 5.41) is -0.652. The van der Waals surface area contributed by atoms with Crippen molar-refractivity contribution in [2.24, 2.45) is 0 Å². The van der Waals surface area contributed by atoms with Gasteiger partial charge in [0.05, 0.1) is 21.3 Å². The van der Waals surface area contributed by atoms with Gasteiger partial charge in [0.2, 0.25) is 0 Å². The largest absolute Gasteiger partial charge is 0.416 e. The number of benzene rings is 1. The van der Waals surface area contributed by atoms with Crippen LogP contribution in [0.3, 0.4) is 0 Å². The number of nitrogen functional groups attached to an aromatic ring is 1. The number of alkyl halides is 5. The van der Waals surface area contributed by atoms with E-state index in [0.29, 0.717) is 19.1 Å². The lowest BCUT2D eigenvalue weighted by Crippen LogP contribution is -2.19. The van der Waals surface area contributed by atoms with E-state index in [1.54, 1.807) is 0 Å². The molecule has 25 heavy (non-hydrogen) atoms. The second-order valence-corrected chi connectivity index (χ2v) is 7.55. The summed E-state index contributed by atoms with van der Waals surface area (Å²) in [5.74, 6) is -0.457. The molecule has 2 rings (SSSR count). The molecule has 2 aromatic rings. The Balaban J connectivity index is 2.68. The maximum Gasteiger partial charge on any atom is 0.416 e. The fraction of sp³-hybridized carbons (Fsp3) is 0.308. The van der Waals surface area contributed by atoms with Crippen LogP contribution in [-0.4, -0.2) is 19.2 Å². The van der Waals surface area contributed by atoms with Gasteiger partial charge in [0.25, 0.3) is 0 Å². The molecule has 12 heteroatoms. The summed E-state index contributed by atoms with van der Waals surface area (Å²) in [7, 11) is -2.82. The minimum Gasteiger partial charge on any atom is -0.383 e. The molecule has 0 amide bonds. The van der Waals surface area contributed by atoms with E-state index in [0.717, 1.165) is 4.68 Å². The molecule has 0 aliphatic heterocycles. The summed E-state index contributed by atoms with van der Waals surface area (Å²) in [4.78, 5) is -0.445. The number of anilines is 1. The smallest absolute Gasteiger partial charge is 0.383 e. The van der Waals surface area contributed by atoms with Gasteiger partial charge in [-0.1, -0.05) is 23.2 Å². The van der Waals surface area contributed by atoms with Crippen molar-refractivity contribution in [3.8, 4) is 5.69 Å². The average Bonchev–Trinajstić information content (AvgIpc) is 2.70. The molecule has 0 radical (unpaired) electrons. The summed E-state index contributed by atoms with van der Waals surface area (Å²) in [5.41, 5.74) is 4.30. The molecule has 1 aromatic heterocycles. The van der Waals surface area contributed by atoms with Crippen LogP contribution in [0.5, 0.6) is 0 Å². The van der Waals surface area contributed by atoms with Crippen LogP contribution in [0.25, 0.3) is 5.69 Å². The Morgan fingerprint density at radius 3 is 2.04 bits per heavy atom. The van der Waals surface area contributed by atoms with Crippen LogP contribution in [0.4, 0.5) is 27.8 Å². The van der Waals surface area contributed by atoms with Crippen LogP contribution in [-0.2, 0) is 17.0 Å². The van der Waals surface area contributed by atoms with Gasteiger partial charge in [-0.15, -0.1) is 0 Å². The first-order valence-corrected chi connectivity index (χ1v) is 8.37. The first-order valence-electron chi connectivity index (χ1n) is 6.46. The second kappa shape index (κ2) is 6.40. The monoisotopic (exact) mass is 421 g/mol. The number of nitrogens with two attached hydrogens (primary N) is 1. The molecule has 0 saturated heterocycles. The second-order valence-electron chi connectivity index (χ2n) is 5.07. The Labute approximate surface area is 151 Å². The first-order chi connectivity index (χ1) is 11.2. The van der Waals surface area contributed by atoms with Gasteiger partial charge in [-0.2, -0.15) is 27.1 Å². The Kier molecular flexibility index (Phi) is 5.10. The van der Waals surface area contributed by atoms with Crippen LogP contribution >= 0.6 is 23.2 Å². The summed E-state index contributed by atoms with van der Waals surface area (Å²) >= 11 is 11.7. The molecular weight excluding hydrogens is 412 g/mol. The molecular formula is C13H10Cl2F5N3OS. The van der Waals surface area contributed by atoms with Crippen LogP contribution in [0.1, 0.15) is 18.2 Å². The van der Waals surface area contributed by atoms with Gasteiger partial charge in [0.1, 0.15) is 27.2 Å². The van der Waals surface area contributed by atoms with E-state index in [1.807, 2.05) is 0 Å². The van der Waals surface area contributed by atoms with Gasteiger partial charge in [-0.3, -0.25) is 0 Å². The zero-order valence-electron chi connectivity index (χ0n) is 12.6. The zero-order chi connectivity index (χ0) is 19.3. The topological polar surface area (TPSA) is 60.9 Å². The average molecular weight is 422 g/mol. The first kappa shape index (κ1) is 19.9. The standard InChI is InChI=1S/C13H10Cl2F5N3OS/c1-5-10(25(24)12(2,16)17)11(21)23(22-5)9-7(14)3-6(4-8(9)15)13(18,19)20/h3-4H,21H2,1-2H3. The lowest BCUT2D eigenvalue weighted by molar-refractivity contribution is -0.137. The highest BCUT2D eigenvalue weighted by atomic mass is 35.5. The summed E-state index contributed by atoms with van der Waals surface area (Å²) in [6, 6.07) is 1.20. The summed E-state index contributed by atoms with van der Waals surface area (Å²) in [6.45, 7) is 1.72. The van der Waals surface area contributed by atoms with Crippen LogP contribution in [0, 0.1) is 6.92 Å². The minimum absolute atomic E-state index is 0.0932. The van der Waals surface area contributed by atoms with Crippen molar-refractivity contribution in [3.05, 3.63) is 33.4 Å². The molecule has 0 spiro atoms. The van der Waals surface area contributed by atoms with Crippen molar-refractivity contribution in [2.45, 2.75) is 30.2 Å². The fourth-order valence-electron chi connectivity index (χ4n) is 2.04. The molecule has 0 aliphatic carbocycles. The molecule has 4 nitrogen and oxygen atoms in total. The lowest BCUT2D eigenvalue weighted by atomic mass is 10.2. The molecule has 0 saturated carbocycles. The molecule has 1 atom stereocenters. The van der Waals surface area contributed by atoms with Crippen LogP contribution in [0.15, 0.2) is 17.0 Å². The predicted octanol–water partition coefficient (Wildman–Crippen LogP) is 4.81. The van der Waals surface area contributed by atoms with E-state index in [9.17, 15) is 26.2 Å². The van der Waals surface area contributed by atoms with E-state index in [-0.39, 0.29) is 11.4 Å². The zero-order valence-corrected chi connectivity index (χ0v) is 14.9. The maximum atomic E-state index is 13.3. The van der Waals surface area contributed by atoms with Gasteiger partial charge in [-0.05, 0) is 19.1 Å². The van der Waals surface area contributed by atoms with Gasteiger partial charge in [-0.25, -0.2) is 8.89 Å². The van der Waals surface area contributed by atoms with Crippen molar-refractivity contribution in [1.82, 2.24) is 9.78 Å². The third kappa shape index (κ3) is 3.75. The maximum absolute atomic E-state index is 13.3. The quantitative estimate of drug-likeness (QED) is 0.723. The van der Waals surface area contributed by atoms with Crippen molar-refractivity contribution in [2.75, 3.05) is 5.73 Å². The molecule has 1 aromatic carbocycles. The molecule has 0 fully saturated rings. The van der Waals surface area contributed by atoms with Crippen molar-refractivity contribution < 1.29 is 26.2 Å². The van der Waals surface area contributed by atoms with Gasteiger partial charge in [0, 0.05) is 6.92 Å². The van der Waals surface area contributed by atoms with Crippen molar-refractivity contribution in [3.63, 3.8) is 0 Å². The summed E-state index contributed by atoms with van der Waals surface area (Å²) in [6.07, 6.45) is -4.69. The van der Waals surface area contributed by atoms with Crippen molar-refractivity contribution in [1.29, 1.82) is 0 Å². The SMILES string of the molecule is Cc1nn(-c2c(Cl)cc(C(F)(F)F)cc2Cl)c(N)c1S(=O)C(C)(F)F. The predicted molar refractivity (Wildman–Crippen MR) is 84.8 cm³/mol.